The van der Waals surface area contributed by atoms with Crippen LogP contribution in [0.3, 0.4) is 0 Å². The predicted octanol–water partition coefficient (Wildman–Crippen LogP) is 4.55. The number of carboxylic acid groups (broad SMARTS) is 1. The summed E-state index contributed by atoms with van der Waals surface area (Å²) in [6.45, 7) is 2.16. The Labute approximate surface area is 141 Å². The highest BCUT2D eigenvalue weighted by Crippen LogP contribution is 2.45. The first kappa shape index (κ1) is 19.8. The average Bonchev–Trinajstić information content (AvgIpc) is 3.26. The number of carbonyl (C=O) groups is 1. The van der Waals surface area contributed by atoms with Crippen molar-refractivity contribution in [1.29, 1.82) is 0 Å². The molecule has 1 aliphatic carbocycles. The molecule has 0 aromatic carbocycles. The van der Waals surface area contributed by atoms with Crippen molar-refractivity contribution in [2.45, 2.75) is 83.7 Å². The number of rotatable bonds is 12. The Hall–Kier alpha value is -1.27. The predicted molar refractivity (Wildman–Crippen MR) is 94.0 cm³/mol. The molecule has 1 rings (SSSR count). The molecular weight excluding hydrogens is 288 g/mol. The third kappa shape index (κ3) is 11.0. The Bertz CT molecular complexity index is 416. The molecule has 0 amide bonds. The number of aliphatic carboxylic acids is 1. The summed E-state index contributed by atoms with van der Waals surface area (Å²) in [5.41, 5.74) is 0. The smallest absolute Gasteiger partial charge is 0.303 e. The fraction of sp³-hybridized carbons (Fsp3) is 0.750. The van der Waals surface area contributed by atoms with Gasteiger partial charge in [-0.05, 0) is 49.7 Å². The van der Waals surface area contributed by atoms with Crippen LogP contribution in [0.5, 0.6) is 0 Å². The van der Waals surface area contributed by atoms with Gasteiger partial charge >= 0.3 is 5.97 Å². The highest BCUT2D eigenvalue weighted by atomic mass is 16.4. The van der Waals surface area contributed by atoms with Crippen LogP contribution in [0.25, 0.3) is 0 Å². The van der Waals surface area contributed by atoms with Gasteiger partial charge in [-0.1, -0.05) is 50.9 Å². The van der Waals surface area contributed by atoms with Crippen LogP contribution in [0.1, 0.15) is 77.6 Å². The SMILES string of the molecule is CCCCCC(O)/C=C/C#CCC[C@@H]1C[C@H]1CCCCC(=O)O. The number of allylic oxidation sites excluding steroid dienone is 1. The minimum Gasteiger partial charge on any atom is -0.481 e. The van der Waals surface area contributed by atoms with E-state index >= 15 is 0 Å². The Morgan fingerprint density at radius 2 is 2.00 bits per heavy atom. The van der Waals surface area contributed by atoms with Gasteiger partial charge < -0.3 is 10.2 Å². The summed E-state index contributed by atoms with van der Waals surface area (Å²) in [5.74, 6) is 7.10. The van der Waals surface area contributed by atoms with Crippen molar-refractivity contribution in [3.8, 4) is 11.8 Å². The molecule has 3 atom stereocenters. The third-order valence-electron chi connectivity index (χ3n) is 4.53. The fourth-order valence-corrected chi connectivity index (χ4v) is 2.95. The lowest BCUT2D eigenvalue weighted by atomic mass is 10.1. The Kier molecular flexibility index (Phi) is 10.5. The van der Waals surface area contributed by atoms with E-state index in [4.69, 9.17) is 5.11 Å². The molecule has 0 heterocycles. The molecule has 0 aromatic heterocycles. The van der Waals surface area contributed by atoms with Gasteiger partial charge in [-0.15, -0.1) is 0 Å². The molecule has 2 N–H and O–H groups in total. The Morgan fingerprint density at radius 3 is 2.74 bits per heavy atom. The molecule has 1 saturated carbocycles. The van der Waals surface area contributed by atoms with Crippen molar-refractivity contribution in [3.05, 3.63) is 12.2 Å². The van der Waals surface area contributed by atoms with Crippen LogP contribution in [0, 0.1) is 23.7 Å². The summed E-state index contributed by atoms with van der Waals surface area (Å²) in [6, 6.07) is 0. The zero-order chi connectivity index (χ0) is 16.9. The van der Waals surface area contributed by atoms with Gasteiger partial charge in [-0.25, -0.2) is 0 Å². The van der Waals surface area contributed by atoms with E-state index in [2.05, 4.69) is 18.8 Å². The van der Waals surface area contributed by atoms with Crippen molar-refractivity contribution in [1.82, 2.24) is 0 Å². The van der Waals surface area contributed by atoms with E-state index in [0.29, 0.717) is 6.42 Å². The van der Waals surface area contributed by atoms with Crippen LogP contribution in [-0.2, 0) is 4.79 Å². The summed E-state index contributed by atoms with van der Waals surface area (Å²) >= 11 is 0. The maximum atomic E-state index is 10.4. The summed E-state index contributed by atoms with van der Waals surface area (Å²) < 4.78 is 0. The second-order valence-electron chi connectivity index (χ2n) is 6.68. The number of hydrogen-bond donors (Lipinski definition) is 2. The van der Waals surface area contributed by atoms with Crippen LogP contribution in [0.15, 0.2) is 12.2 Å². The normalized spacial score (nSPS) is 21.0. The molecule has 0 aliphatic heterocycles. The van der Waals surface area contributed by atoms with Gasteiger partial charge in [0.25, 0.3) is 0 Å². The van der Waals surface area contributed by atoms with Crippen molar-refractivity contribution in [3.63, 3.8) is 0 Å². The lowest BCUT2D eigenvalue weighted by molar-refractivity contribution is -0.137. The zero-order valence-corrected chi connectivity index (χ0v) is 14.5. The van der Waals surface area contributed by atoms with E-state index in [1.165, 1.54) is 25.7 Å². The van der Waals surface area contributed by atoms with Crippen LogP contribution in [0.2, 0.25) is 0 Å². The summed E-state index contributed by atoms with van der Waals surface area (Å²) in [4.78, 5) is 10.4. The first-order chi connectivity index (χ1) is 11.1. The van der Waals surface area contributed by atoms with E-state index in [-0.39, 0.29) is 6.10 Å². The minimum atomic E-state index is -0.684. The molecule has 3 heteroatoms. The van der Waals surface area contributed by atoms with Gasteiger partial charge in [0.2, 0.25) is 0 Å². The third-order valence-corrected chi connectivity index (χ3v) is 4.53. The van der Waals surface area contributed by atoms with Crippen molar-refractivity contribution in [2.75, 3.05) is 0 Å². The monoisotopic (exact) mass is 320 g/mol. The minimum absolute atomic E-state index is 0.305. The molecular formula is C20H32O3. The molecule has 23 heavy (non-hydrogen) atoms. The molecule has 0 aromatic rings. The summed E-state index contributed by atoms with van der Waals surface area (Å²) in [5, 5.41) is 18.3. The van der Waals surface area contributed by atoms with Gasteiger partial charge in [-0.2, -0.15) is 0 Å². The van der Waals surface area contributed by atoms with Crippen molar-refractivity contribution >= 4 is 5.97 Å². The van der Waals surface area contributed by atoms with Crippen molar-refractivity contribution in [2.24, 2.45) is 11.8 Å². The lowest BCUT2D eigenvalue weighted by Gasteiger charge is -2.02. The molecule has 1 unspecified atom stereocenters. The average molecular weight is 320 g/mol. The largest absolute Gasteiger partial charge is 0.481 e. The summed E-state index contributed by atoms with van der Waals surface area (Å²) in [7, 11) is 0. The van der Waals surface area contributed by atoms with Crippen LogP contribution in [-0.4, -0.2) is 22.3 Å². The molecule has 0 bridgehead atoms. The number of aliphatic hydroxyl groups is 1. The zero-order valence-electron chi connectivity index (χ0n) is 14.5. The standard InChI is InChI=1S/C20H32O3/c1-2-3-6-13-19(21)14-8-5-4-7-11-17-16-18(17)12-9-10-15-20(22)23/h8,14,17-19,21H,2-3,6-7,9-13,15-16H2,1H3,(H,22,23)/b14-8+/t17-,18-,19?/m1/s1. The molecule has 130 valence electrons. The Balaban J connectivity index is 1.98. The number of aliphatic hydroxyl groups excluding tert-OH is 1. The van der Waals surface area contributed by atoms with Gasteiger partial charge in [-0.3, -0.25) is 4.79 Å². The molecule has 0 radical (unpaired) electrons. The van der Waals surface area contributed by atoms with Gasteiger partial charge in [0.05, 0.1) is 6.10 Å². The first-order valence-electron chi connectivity index (χ1n) is 9.18. The van der Waals surface area contributed by atoms with Gasteiger partial charge in [0, 0.05) is 12.8 Å². The highest BCUT2D eigenvalue weighted by molar-refractivity contribution is 5.66. The maximum Gasteiger partial charge on any atom is 0.303 e. The summed E-state index contributed by atoms with van der Waals surface area (Å²) in [6.07, 6.45) is 14.2. The topological polar surface area (TPSA) is 57.5 Å². The van der Waals surface area contributed by atoms with Crippen LogP contribution >= 0.6 is 0 Å². The van der Waals surface area contributed by atoms with Crippen molar-refractivity contribution < 1.29 is 15.0 Å². The molecule has 0 spiro atoms. The quantitative estimate of drug-likeness (QED) is 0.410. The van der Waals surface area contributed by atoms with Gasteiger partial charge in [0.1, 0.15) is 0 Å². The molecule has 0 saturated heterocycles. The Morgan fingerprint density at radius 1 is 1.22 bits per heavy atom. The van der Waals surface area contributed by atoms with E-state index < -0.39 is 5.97 Å². The van der Waals surface area contributed by atoms with Crippen LogP contribution < -0.4 is 0 Å². The number of hydrogen-bond acceptors (Lipinski definition) is 2. The second-order valence-corrected chi connectivity index (χ2v) is 6.68. The van der Waals surface area contributed by atoms with Crippen LogP contribution in [0.4, 0.5) is 0 Å². The highest BCUT2D eigenvalue weighted by Gasteiger charge is 2.35. The maximum absolute atomic E-state index is 10.4. The van der Waals surface area contributed by atoms with E-state index in [9.17, 15) is 9.90 Å². The number of unbranched alkanes of at least 4 members (excludes halogenated alkanes) is 3. The van der Waals surface area contributed by atoms with E-state index in [0.717, 1.165) is 50.4 Å². The molecule has 1 aliphatic rings. The molecule has 3 nitrogen and oxygen atoms in total. The van der Waals surface area contributed by atoms with E-state index in [1.807, 2.05) is 0 Å². The fourth-order valence-electron chi connectivity index (χ4n) is 2.95. The second kappa shape index (κ2) is 12.2. The first-order valence-corrected chi connectivity index (χ1v) is 9.18. The molecule has 1 fully saturated rings. The lowest BCUT2D eigenvalue weighted by Crippen LogP contribution is -2.00. The van der Waals surface area contributed by atoms with Gasteiger partial charge in [0.15, 0.2) is 0 Å². The number of carboxylic acids is 1. The van der Waals surface area contributed by atoms with E-state index in [1.54, 1.807) is 12.2 Å².